The van der Waals surface area contributed by atoms with Gasteiger partial charge in [0.1, 0.15) is 11.5 Å². The summed E-state index contributed by atoms with van der Waals surface area (Å²) in [6, 6.07) is 10.3. The van der Waals surface area contributed by atoms with Crippen molar-refractivity contribution in [1.82, 2.24) is 5.43 Å². The van der Waals surface area contributed by atoms with Gasteiger partial charge in [-0.05, 0) is 31.2 Å². The molecule has 0 aliphatic carbocycles. The highest BCUT2D eigenvalue weighted by molar-refractivity contribution is 5.95. The van der Waals surface area contributed by atoms with Gasteiger partial charge in [0.05, 0.1) is 19.9 Å². The first-order valence-corrected chi connectivity index (χ1v) is 7.75. The van der Waals surface area contributed by atoms with E-state index in [2.05, 4.69) is 10.5 Å². The van der Waals surface area contributed by atoms with E-state index in [0.29, 0.717) is 40.7 Å². The molecule has 1 aliphatic rings. The molecular weight excluding hydrogens is 324 g/mol. The number of ether oxygens (including phenoxy) is 4. The van der Waals surface area contributed by atoms with Crippen molar-refractivity contribution in [2.45, 2.75) is 6.92 Å². The number of hydrogen-bond donors (Lipinski definition) is 1. The highest BCUT2D eigenvalue weighted by Gasteiger charge is 2.17. The number of carbonyl (C=O) groups is 1. The Labute approximate surface area is 145 Å². The smallest absolute Gasteiger partial charge is 0.271 e. The number of carbonyl (C=O) groups excluding carboxylic acids is 1. The maximum atomic E-state index is 12.1. The second-order valence-electron chi connectivity index (χ2n) is 5.11. The van der Waals surface area contributed by atoms with Crippen LogP contribution in [0.4, 0.5) is 0 Å². The van der Waals surface area contributed by atoms with Crippen LogP contribution in [-0.4, -0.2) is 32.6 Å². The highest BCUT2D eigenvalue weighted by Crippen LogP contribution is 2.37. The number of fused-ring (bicyclic) bond motifs is 1. The van der Waals surface area contributed by atoms with Crippen LogP contribution in [0.15, 0.2) is 41.5 Å². The summed E-state index contributed by atoms with van der Waals surface area (Å²) in [5.74, 6) is 2.11. The maximum absolute atomic E-state index is 12.1. The summed E-state index contributed by atoms with van der Waals surface area (Å²) in [6.07, 6.45) is 1.50. The molecule has 3 rings (SSSR count). The molecule has 0 fully saturated rings. The molecule has 25 heavy (non-hydrogen) atoms. The summed E-state index contributed by atoms with van der Waals surface area (Å²) in [7, 11) is 1.55. The third-order valence-corrected chi connectivity index (χ3v) is 3.51. The molecule has 7 heteroatoms. The largest absolute Gasteiger partial charge is 0.497 e. The van der Waals surface area contributed by atoms with Gasteiger partial charge < -0.3 is 18.9 Å². The lowest BCUT2D eigenvalue weighted by Gasteiger charge is -2.08. The average molecular weight is 342 g/mol. The molecule has 1 amide bonds. The number of benzene rings is 2. The van der Waals surface area contributed by atoms with Gasteiger partial charge >= 0.3 is 0 Å². The average Bonchev–Trinajstić information content (AvgIpc) is 3.09. The van der Waals surface area contributed by atoms with Crippen LogP contribution in [0.5, 0.6) is 23.0 Å². The summed E-state index contributed by atoms with van der Waals surface area (Å²) >= 11 is 0. The number of rotatable bonds is 6. The zero-order chi connectivity index (χ0) is 17.6. The van der Waals surface area contributed by atoms with E-state index in [1.165, 1.54) is 6.21 Å². The van der Waals surface area contributed by atoms with Crippen molar-refractivity contribution in [3.8, 4) is 23.0 Å². The lowest BCUT2D eigenvalue weighted by molar-refractivity contribution is 0.0954. The van der Waals surface area contributed by atoms with Crippen molar-refractivity contribution in [2.75, 3.05) is 20.5 Å². The van der Waals surface area contributed by atoms with Crippen LogP contribution in [0, 0.1) is 0 Å². The van der Waals surface area contributed by atoms with Gasteiger partial charge in [0, 0.05) is 17.2 Å². The molecule has 7 nitrogen and oxygen atoms in total. The summed E-state index contributed by atoms with van der Waals surface area (Å²) < 4.78 is 21.4. The minimum Gasteiger partial charge on any atom is -0.497 e. The first-order chi connectivity index (χ1) is 12.2. The molecule has 1 N–H and O–H groups in total. The van der Waals surface area contributed by atoms with E-state index in [1.54, 1.807) is 43.5 Å². The van der Waals surface area contributed by atoms with Crippen molar-refractivity contribution in [3.63, 3.8) is 0 Å². The molecular formula is C18H18N2O5. The van der Waals surface area contributed by atoms with Gasteiger partial charge in [0.15, 0.2) is 11.5 Å². The van der Waals surface area contributed by atoms with Gasteiger partial charge in [-0.1, -0.05) is 6.07 Å². The molecule has 2 aromatic carbocycles. The van der Waals surface area contributed by atoms with Crippen molar-refractivity contribution >= 4 is 12.1 Å². The van der Waals surface area contributed by atoms with Gasteiger partial charge in [-0.3, -0.25) is 4.79 Å². The van der Waals surface area contributed by atoms with Crippen LogP contribution in [-0.2, 0) is 0 Å². The van der Waals surface area contributed by atoms with Crippen molar-refractivity contribution in [1.29, 1.82) is 0 Å². The van der Waals surface area contributed by atoms with E-state index < -0.39 is 0 Å². The Morgan fingerprint density at radius 3 is 2.84 bits per heavy atom. The Morgan fingerprint density at radius 2 is 2.08 bits per heavy atom. The number of methoxy groups -OCH3 is 1. The molecule has 0 saturated carbocycles. The molecule has 1 heterocycles. The fraction of sp³-hybridized carbons (Fsp3) is 0.222. The lowest BCUT2D eigenvalue weighted by atomic mass is 10.2. The Balaban J connectivity index is 1.74. The fourth-order valence-corrected chi connectivity index (χ4v) is 2.31. The van der Waals surface area contributed by atoms with Crippen LogP contribution in [0.1, 0.15) is 22.8 Å². The highest BCUT2D eigenvalue weighted by atomic mass is 16.7. The standard InChI is InChI=1S/C18H18N2O5/c1-3-23-15-9-17-16(24-11-25-17)8-13(15)10-19-20-18(21)12-5-4-6-14(7-12)22-2/h4-10H,3,11H2,1-2H3,(H,20,21)/b19-10+. The first-order valence-electron chi connectivity index (χ1n) is 7.75. The number of nitrogens with zero attached hydrogens (tertiary/aromatic N) is 1. The van der Waals surface area contributed by atoms with Gasteiger partial charge in [-0.2, -0.15) is 5.10 Å². The minimum atomic E-state index is -0.339. The Kier molecular flexibility index (Phi) is 5.03. The van der Waals surface area contributed by atoms with Crippen LogP contribution in [0.3, 0.4) is 0 Å². The SMILES string of the molecule is CCOc1cc2c(cc1/C=N/NC(=O)c1cccc(OC)c1)OCO2. The second kappa shape index (κ2) is 7.57. The summed E-state index contributed by atoms with van der Waals surface area (Å²) in [5, 5.41) is 4.00. The number of nitrogens with one attached hydrogen (secondary N) is 1. The molecule has 2 aromatic rings. The predicted molar refractivity (Wildman–Crippen MR) is 91.8 cm³/mol. The first kappa shape index (κ1) is 16.6. The molecule has 0 saturated heterocycles. The number of hydrazone groups is 1. The monoisotopic (exact) mass is 342 g/mol. The zero-order valence-electron chi connectivity index (χ0n) is 13.9. The quantitative estimate of drug-likeness (QED) is 0.645. The zero-order valence-corrected chi connectivity index (χ0v) is 13.9. The van der Waals surface area contributed by atoms with Crippen LogP contribution >= 0.6 is 0 Å². The minimum absolute atomic E-state index is 0.175. The van der Waals surface area contributed by atoms with Crippen molar-refractivity contribution < 1.29 is 23.7 Å². The molecule has 0 aromatic heterocycles. The normalized spacial score (nSPS) is 12.2. The summed E-state index contributed by atoms with van der Waals surface area (Å²) in [5.41, 5.74) is 3.61. The Hall–Kier alpha value is -3.22. The molecule has 0 bridgehead atoms. The molecule has 130 valence electrons. The maximum Gasteiger partial charge on any atom is 0.271 e. The summed E-state index contributed by atoms with van der Waals surface area (Å²) in [6.45, 7) is 2.56. The van der Waals surface area contributed by atoms with Crippen LogP contribution < -0.4 is 24.4 Å². The fourth-order valence-electron chi connectivity index (χ4n) is 2.31. The Bertz CT molecular complexity index is 804. The van der Waals surface area contributed by atoms with Crippen LogP contribution in [0.2, 0.25) is 0 Å². The van der Waals surface area contributed by atoms with E-state index in [9.17, 15) is 4.79 Å². The van der Waals surface area contributed by atoms with Gasteiger partial charge in [0.2, 0.25) is 6.79 Å². The topological polar surface area (TPSA) is 78.4 Å². The molecule has 0 spiro atoms. The third-order valence-electron chi connectivity index (χ3n) is 3.51. The lowest BCUT2D eigenvalue weighted by Crippen LogP contribution is -2.17. The number of hydrogen-bond acceptors (Lipinski definition) is 6. The van der Waals surface area contributed by atoms with Crippen molar-refractivity contribution in [2.24, 2.45) is 5.10 Å². The number of amides is 1. The van der Waals surface area contributed by atoms with E-state index in [4.69, 9.17) is 18.9 Å². The second-order valence-corrected chi connectivity index (χ2v) is 5.11. The Morgan fingerprint density at radius 1 is 1.28 bits per heavy atom. The summed E-state index contributed by atoms with van der Waals surface area (Å²) in [4.78, 5) is 12.1. The van der Waals surface area contributed by atoms with Crippen LogP contribution in [0.25, 0.3) is 0 Å². The van der Waals surface area contributed by atoms with E-state index in [-0.39, 0.29) is 12.7 Å². The van der Waals surface area contributed by atoms with Gasteiger partial charge in [-0.25, -0.2) is 5.43 Å². The molecule has 1 aliphatic heterocycles. The molecule has 0 atom stereocenters. The van der Waals surface area contributed by atoms with E-state index >= 15 is 0 Å². The van der Waals surface area contributed by atoms with E-state index in [1.807, 2.05) is 6.92 Å². The third kappa shape index (κ3) is 3.82. The van der Waals surface area contributed by atoms with Gasteiger partial charge in [-0.15, -0.1) is 0 Å². The van der Waals surface area contributed by atoms with Crippen molar-refractivity contribution in [3.05, 3.63) is 47.5 Å². The van der Waals surface area contributed by atoms with E-state index in [0.717, 1.165) is 0 Å². The molecule has 0 radical (unpaired) electrons. The predicted octanol–water partition coefficient (Wildman–Crippen LogP) is 2.59. The van der Waals surface area contributed by atoms with Gasteiger partial charge in [0.25, 0.3) is 5.91 Å². The molecule has 0 unspecified atom stereocenters.